The molecule has 0 aromatic carbocycles. The molecule has 0 heterocycles. The van der Waals surface area contributed by atoms with Gasteiger partial charge in [-0.1, -0.05) is 0 Å². The molecule has 1 radical (unpaired) electrons. The van der Waals surface area contributed by atoms with Gasteiger partial charge in [0, 0.05) is 69.4 Å². The SMILES string of the molecule is CC(C)OP(C)(=O)O.CC(C)OP(C)(=O)O.CC(C)OP(C)(=O)O.[Eu]. The van der Waals surface area contributed by atoms with Crippen LogP contribution in [0.5, 0.6) is 0 Å². The van der Waals surface area contributed by atoms with Gasteiger partial charge < -0.3 is 28.3 Å². The van der Waals surface area contributed by atoms with E-state index in [0.717, 1.165) is 0 Å². The molecule has 0 fully saturated rings. The first-order valence-electron chi connectivity index (χ1n) is 7.21. The Hall–Kier alpha value is 2.03. The molecule has 3 atom stereocenters. The van der Waals surface area contributed by atoms with Crippen molar-refractivity contribution in [2.45, 2.75) is 59.9 Å². The van der Waals surface area contributed by atoms with Crippen molar-refractivity contribution in [3.8, 4) is 0 Å². The van der Waals surface area contributed by atoms with Crippen molar-refractivity contribution in [3.05, 3.63) is 0 Å². The van der Waals surface area contributed by atoms with Gasteiger partial charge in [0.05, 0.1) is 18.3 Å². The van der Waals surface area contributed by atoms with Crippen LogP contribution in [0.25, 0.3) is 0 Å². The average molecular weight is 566 g/mol. The molecule has 0 rings (SSSR count). The third-order valence-electron chi connectivity index (χ3n) is 1.22. The van der Waals surface area contributed by atoms with Crippen LogP contribution < -0.4 is 0 Å². The Bertz CT molecular complexity index is 384. The first-order valence-corrected chi connectivity index (χ1v) is 13.3. The molecule has 13 heteroatoms. The van der Waals surface area contributed by atoms with Gasteiger partial charge in [0.2, 0.25) is 0 Å². The molecule has 0 amide bonds. The topological polar surface area (TPSA) is 140 Å². The van der Waals surface area contributed by atoms with Crippen LogP contribution in [0.1, 0.15) is 41.5 Å². The first-order chi connectivity index (χ1) is 10.2. The second kappa shape index (κ2) is 15.9. The molecule has 0 saturated carbocycles. The summed E-state index contributed by atoms with van der Waals surface area (Å²) in [6, 6.07) is 0. The third kappa shape index (κ3) is 51.8. The summed E-state index contributed by atoms with van der Waals surface area (Å²) < 4.78 is 44.7. The van der Waals surface area contributed by atoms with Crippen LogP contribution in [-0.2, 0) is 27.3 Å². The molecule has 157 valence electrons. The predicted molar refractivity (Wildman–Crippen MR) is 95.9 cm³/mol. The molecule has 0 aromatic rings. The Balaban J connectivity index is -0.000000130. The molecule has 9 nitrogen and oxygen atoms in total. The molecule has 0 aliphatic heterocycles. The van der Waals surface area contributed by atoms with E-state index in [9.17, 15) is 13.7 Å². The maximum atomic E-state index is 10.4. The average Bonchev–Trinajstić information content (AvgIpc) is 2.04. The monoisotopic (exact) mass is 567 g/mol. The zero-order chi connectivity index (χ0) is 20.4. The predicted octanol–water partition coefficient (Wildman–Crippen LogP) is 3.68. The van der Waals surface area contributed by atoms with E-state index in [0.29, 0.717) is 0 Å². The molecule has 0 aliphatic carbocycles. The van der Waals surface area contributed by atoms with Gasteiger partial charge in [-0.2, -0.15) is 0 Å². The van der Waals surface area contributed by atoms with Crippen molar-refractivity contribution in [2.24, 2.45) is 0 Å². The summed E-state index contributed by atoms with van der Waals surface area (Å²) in [6.45, 7) is 13.8. The van der Waals surface area contributed by atoms with Gasteiger partial charge in [0.1, 0.15) is 0 Å². The van der Waals surface area contributed by atoms with Crippen molar-refractivity contribution in [3.63, 3.8) is 0 Å². The molecule has 0 saturated heterocycles. The van der Waals surface area contributed by atoms with Crippen molar-refractivity contribution < 1.29 is 91.3 Å². The van der Waals surface area contributed by atoms with Gasteiger partial charge in [-0.05, 0) is 41.5 Å². The zero-order valence-electron chi connectivity index (χ0n) is 16.2. The normalized spacial score (nSPS) is 17.9. The quantitative estimate of drug-likeness (QED) is 0.411. The number of hydrogen-bond donors (Lipinski definition) is 3. The summed E-state index contributed by atoms with van der Waals surface area (Å²) in [5.74, 6) is 0. The van der Waals surface area contributed by atoms with E-state index in [1.165, 1.54) is 20.0 Å². The summed E-state index contributed by atoms with van der Waals surface area (Å²) in [6.07, 6.45) is -0.512. The van der Waals surface area contributed by atoms with E-state index < -0.39 is 22.8 Å². The van der Waals surface area contributed by atoms with E-state index in [4.69, 9.17) is 14.7 Å². The molecule has 25 heavy (non-hydrogen) atoms. The Morgan fingerprint density at radius 2 is 0.680 bits per heavy atom. The summed E-state index contributed by atoms with van der Waals surface area (Å²) >= 11 is 0. The first kappa shape index (κ1) is 34.5. The van der Waals surface area contributed by atoms with Crippen LogP contribution >= 0.6 is 22.8 Å². The Morgan fingerprint density at radius 3 is 0.680 bits per heavy atom. The maximum absolute atomic E-state index is 10.4. The van der Waals surface area contributed by atoms with E-state index in [1.807, 2.05) is 0 Å². The Kier molecular flexibility index (Phi) is 22.0. The summed E-state index contributed by atoms with van der Waals surface area (Å²) in [5, 5.41) is 0. The van der Waals surface area contributed by atoms with E-state index in [-0.39, 0.29) is 67.7 Å². The van der Waals surface area contributed by atoms with Crippen molar-refractivity contribution in [1.29, 1.82) is 0 Å². The van der Waals surface area contributed by atoms with Crippen molar-refractivity contribution in [2.75, 3.05) is 20.0 Å². The van der Waals surface area contributed by atoms with Gasteiger partial charge in [0.25, 0.3) is 0 Å². The van der Waals surface area contributed by atoms with Crippen LogP contribution in [-0.4, -0.2) is 53.0 Å². The molecule has 0 aliphatic rings. The summed E-state index contributed by atoms with van der Waals surface area (Å²) in [5.41, 5.74) is 0. The Labute approximate surface area is 192 Å². The van der Waals surface area contributed by atoms with Crippen molar-refractivity contribution in [1.82, 2.24) is 0 Å². The van der Waals surface area contributed by atoms with Crippen LogP contribution in [0.3, 0.4) is 0 Å². The second-order valence-corrected chi connectivity index (χ2v) is 11.3. The minimum Gasteiger partial charge on any atom is -0.324 e. The fourth-order valence-electron chi connectivity index (χ4n) is 1.17. The van der Waals surface area contributed by atoms with Gasteiger partial charge in [-0.15, -0.1) is 0 Å². The van der Waals surface area contributed by atoms with Crippen LogP contribution in [0, 0.1) is 49.4 Å². The molecule has 0 spiro atoms. The molecule has 3 unspecified atom stereocenters. The van der Waals surface area contributed by atoms with Gasteiger partial charge in [0.15, 0.2) is 0 Å². The van der Waals surface area contributed by atoms with E-state index in [1.54, 1.807) is 41.5 Å². The van der Waals surface area contributed by atoms with Crippen LogP contribution in [0.2, 0.25) is 0 Å². The minimum atomic E-state index is -3.22. The zero-order valence-corrected chi connectivity index (χ0v) is 21.4. The van der Waals surface area contributed by atoms with Crippen molar-refractivity contribution >= 4 is 22.8 Å². The molecule has 3 N–H and O–H groups in total. The third-order valence-corrected chi connectivity index (χ3v) is 3.66. The number of rotatable bonds is 6. The largest absolute Gasteiger partial charge is 0.325 e. The molecular formula is C12H33EuO9P3. The molecular weight excluding hydrogens is 533 g/mol. The van der Waals surface area contributed by atoms with E-state index >= 15 is 0 Å². The maximum Gasteiger partial charge on any atom is 0.325 e. The smallest absolute Gasteiger partial charge is 0.324 e. The van der Waals surface area contributed by atoms with E-state index in [2.05, 4.69) is 13.6 Å². The number of hydrogen-bond acceptors (Lipinski definition) is 6. The fraction of sp³-hybridized carbons (Fsp3) is 1.00. The summed E-state index contributed by atoms with van der Waals surface area (Å²) in [7, 11) is -9.67. The summed E-state index contributed by atoms with van der Waals surface area (Å²) in [4.78, 5) is 25.6. The van der Waals surface area contributed by atoms with Gasteiger partial charge >= 0.3 is 22.8 Å². The fourth-order valence-corrected chi connectivity index (χ4v) is 3.52. The Morgan fingerprint density at radius 1 is 0.560 bits per heavy atom. The molecule has 0 aromatic heterocycles. The van der Waals surface area contributed by atoms with Crippen LogP contribution in [0.15, 0.2) is 0 Å². The second-order valence-electron chi connectivity index (χ2n) is 5.87. The van der Waals surface area contributed by atoms with Gasteiger partial charge in [-0.3, -0.25) is 13.7 Å². The standard InChI is InChI=1S/3C4H11O3P.Eu/c3*1-4(2)7-8(3,5)6;/h3*4H,1-3H3,(H,5,6);. The van der Waals surface area contributed by atoms with Gasteiger partial charge in [-0.25, -0.2) is 0 Å². The molecule has 0 bridgehead atoms. The minimum absolute atomic E-state index is 0. The van der Waals surface area contributed by atoms with Crippen LogP contribution in [0.4, 0.5) is 0 Å².